The molecule has 1 aliphatic heterocycles. The third kappa shape index (κ3) is 10.4. The van der Waals surface area contributed by atoms with Crippen molar-refractivity contribution in [2.45, 2.75) is 38.0 Å². The maximum Gasteiger partial charge on any atom is 0.490 e. The number of hydrogen-bond acceptors (Lipinski definition) is 8. The summed E-state index contributed by atoms with van der Waals surface area (Å²) < 4.78 is 76.8. The lowest BCUT2D eigenvalue weighted by molar-refractivity contribution is -0.193. The highest BCUT2D eigenvalue weighted by Crippen LogP contribution is 2.28. The predicted octanol–water partition coefficient (Wildman–Crippen LogP) is 3.39. The van der Waals surface area contributed by atoms with Crippen LogP contribution in [0.4, 0.5) is 26.3 Å². The lowest BCUT2D eigenvalue weighted by Crippen LogP contribution is -2.35. The fraction of sp³-hybridized carbons (Fsp3) is 0.409. The number of carbonyl (C=O) groups is 2. The van der Waals surface area contributed by atoms with Gasteiger partial charge in [0.05, 0.1) is 31.7 Å². The van der Waals surface area contributed by atoms with Gasteiger partial charge in [-0.15, -0.1) is 5.10 Å². The number of furan rings is 1. The van der Waals surface area contributed by atoms with Crippen molar-refractivity contribution in [2.75, 3.05) is 13.2 Å². The van der Waals surface area contributed by atoms with Crippen LogP contribution in [-0.2, 0) is 41.1 Å². The summed E-state index contributed by atoms with van der Waals surface area (Å²) in [5.41, 5.74) is 3.32. The fourth-order valence-corrected chi connectivity index (χ4v) is 3.37. The van der Waals surface area contributed by atoms with Crippen LogP contribution in [0.5, 0.6) is 0 Å². The largest absolute Gasteiger partial charge is 0.490 e. The van der Waals surface area contributed by atoms with E-state index in [9.17, 15) is 26.3 Å². The summed E-state index contributed by atoms with van der Waals surface area (Å²) in [4.78, 5) is 24.2. The van der Waals surface area contributed by atoms with E-state index in [1.807, 2.05) is 36.0 Å². The van der Waals surface area contributed by atoms with Crippen LogP contribution < -0.4 is 0 Å². The molecule has 0 amide bonds. The Morgan fingerprint density at radius 1 is 1.08 bits per heavy atom. The number of ether oxygens (including phenoxy) is 1. The highest BCUT2D eigenvalue weighted by atomic mass is 19.4. The summed E-state index contributed by atoms with van der Waals surface area (Å²) >= 11 is 0. The predicted molar refractivity (Wildman–Crippen MR) is 118 cm³/mol. The maximum absolute atomic E-state index is 10.6. The normalized spacial score (nSPS) is 15.3. The molecule has 0 fully saturated rings. The number of aromatic nitrogens is 4. The van der Waals surface area contributed by atoms with Gasteiger partial charge < -0.3 is 19.4 Å². The first-order valence-corrected chi connectivity index (χ1v) is 10.9. The number of fused-ring (bicyclic) bond motifs is 1. The second kappa shape index (κ2) is 13.7. The quantitative estimate of drug-likeness (QED) is 0.426. The van der Waals surface area contributed by atoms with E-state index in [-0.39, 0.29) is 5.92 Å². The zero-order chi connectivity index (χ0) is 29.2. The van der Waals surface area contributed by atoms with Crippen molar-refractivity contribution in [2.24, 2.45) is 7.05 Å². The smallest absolute Gasteiger partial charge is 0.475 e. The van der Waals surface area contributed by atoms with Crippen molar-refractivity contribution in [1.82, 2.24) is 24.9 Å². The molecule has 2 N–H and O–H groups in total. The summed E-state index contributed by atoms with van der Waals surface area (Å²) in [5.74, 6) is -4.32. The summed E-state index contributed by atoms with van der Waals surface area (Å²) in [7, 11) is 1.95. The van der Waals surface area contributed by atoms with Gasteiger partial charge in [0, 0.05) is 38.4 Å². The van der Waals surface area contributed by atoms with Crippen LogP contribution >= 0.6 is 0 Å². The number of carboxylic acid groups (broad SMARTS) is 2. The van der Waals surface area contributed by atoms with Gasteiger partial charge >= 0.3 is 24.3 Å². The van der Waals surface area contributed by atoms with E-state index in [4.69, 9.17) is 29.0 Å². The molecule has 1 unspecified atom stereocenters. The molecule has 1 atom stereocenters. The molecule has 0 saturated heterocycles. The molecule has 0 radical (unpaired) electrons. The maximum atomic E-state index is 10.6. The zero-order valence-corrected chi connectivity index (χ0v) is 20.2. The molecule has 0 aliphatic carbocycles. The Labute approximate surface area is 216 Å². The van der Waals surface area contributed by atoms with Crippen LogP contribution in [0.2, 0.25) is 0 Å². The van der Waals surface area contributed by atoms with Crippen molar-refractivity contribution >= 4 is 11.9 Å². The Morgan fingerprint density at radius 3 is 2.18 bits per heavy atom. The van der Waals surface area contributed by atoms with Gasteiger partial charge in [-0.05, 0) is 29.8 Å². The van der Waals surface area contributed by atoms with Crippen LogP contribution in [0.3, 0.4) is 0 Å². The minimum Gasteiger partial charge on any atom is -0.475 e. The Bertz CT molecular complexity index is 1160. The number of rotatable bonds is 6. The number of hydrogen-bond donors (Lipinski definition) is 2. The molecule has 0 bridgehead atoms. The number of alkyl halides is 6. The Balaban J connectivity index is 0.000000317. The number of carboxylic acids is 2. The van der Waals surface area contributed by atoms with Crippen molar-refractivity contribution in [3.8, 4) is 0 Å². The lowest BCUT2D eigenvalue weighted by Gasteiger charge is -2.31. The van der Waals surface area contributed by atoms with E-state index in [1.54, 1.807) is 18.7 Å². The van der Waals surface area contributed by atoms with Crippen LogP contribution in [0.15, 0.2) is 47.3 Å². The molecular weight excluding hydrogens is 544 g/mol. The van der Waals surface area contributed by atoms with Gasteiger partial charge in [-0.1, -0.05) is 5.21 Å². The standard InChI is InChI=1S/C18H21N5O2.2C2HF3O2/c1-22-18-15(13-24-12-14-4-6-19-7-5-14)9-23(11-17(18)20-21-22)10-16-3-2-8-25-16;2*3-2(4,5)1(6)7/h2-8,15H,9-13H2,1H3;2*(H,6,7). The summed E-state index contributed by atoms with van der Waals surface area (Å²) in [6, 6.07) is 7.87. The van der Waals surface area contributed by atoms with E-state index in [0.717, 1.165) is 36.7 Å². The molecule has 17 heteroatoms. The van der Waals surface area contributed by atoms with Gasteiger partial charge in [-0.25, -0.2) is 9.59 Å². The Kier molecular flexibility index (Phi) is 11.0. The van der Waals surface area contributed by atoms with E-state index in [0.29, 0.717) is 13.2 Å². The lowest BCUT2D eigenvalue weighted by atomic mass is 9.99. The van der Waals surface area contributed by atoms with E-state index in [1.165, 1.54) is 5.69 Å². The monoisotopic (exact) mass is 567 g/mol. The number of aryl methyl sites for hydroxylation is 1. The molecular formula is C22H23F6N5O6. The van der Waals surface area contributed by atoms with E-state index >= 15 is 0 Å². The minimum absolute atomic E-state index is 0.237. The van der Waals surface area contributed by atoms with Crippen molar-refractivity contribution in [3.63, 3.8) is 0 Å². The van der Waals surface area contributed by atoms with Crippen LogP contribution in [0.25, 0.3) is 0 Å². The first-order chi connectivity index (χ1) is 18.2. The number of halogens is 6. The van der Waals surface area contributed by atoms with Gasteiger partial charge in [-0.2, -0.15) is 26.3 Å². The molecule has 39 heavy (non-hydrogen) atoms. The van der Waals surface area contributed by atoms with Crippen molar-refractivity contribution in [1.29, 1.82) is 0 Å². The molecule has 0 spiro atoms. The zero-order valence-electron chi connectivity index (χ0n) is 20.2. The summed E-state index contributed by atoms with van der Waals surface area (Å²) in [5, 5.41) is 22.8. The first kappa shape index (κ1) is 31.2. The third-order valence-corrected chi connectivity index (χ3v) is 4.96. The Morgan fingerprint density at radius 2 is 1.67 bits per heavy atom. The Hall–Kier alpha value is -3.99. The highest BCUT2D eigenvalue weighted by Gasteiger charge is 2.39. The second-order valence-electron chi connectivity index (χ2n) is 7.97. The molecule has 0 aromatic carbocycles. The molecule has 0 saturated carbocycles. The SMILES string of the molecule is Cn1nnc2c1C(COCc1ccncc1)CN(Cc1ccco1)C2.O=C(O)C(F)(F)F.O=C(O)C(F)(F)F. The molecule has 4 heterocycles. The van der Waals surface area contributed by atoms with Gasteiger partial charge in [0.25, 0.3) is 0 Å². The topological polar surface area (TPSA) is 144 Å². The van der Waals surface area contributed by atoms with Crippen LogP contribution in [0.1, 0.15) is 28.6 Å². The van der Waals surface area contributed by atoms with E-state index in [2.05, 4.69) is 20.2 Å². The second-order valence-corrected chi connectivity index (χ2v) is 7.97. The van der Waals surface area contributed by atoms with Crippen molar-refractivity contribution in [3.05, 3.63) is 65.6 Å². The average molecular weight is 567 g/mol. The number of pyridine rings is 1. The summed E-state index contributed by atoms with van der Waals surface area (Å²) in [6.45, 7) is 3.66. The summed E-state index contributed by atoms with van der Waals surface area (Å²) in [6.07, 6.45) is -4.89. The number of aliphatic carboxylic acids is 2. The molecule has 4 rings (SSSR count). The highest BCUT2D eigenvalue weighted by molar-refractivity contribution is 5.73. The van der Waals surface area contributed by atoms with Crippen LogP contribution in [-0.4, -0.2) is 72.5 Å². The molecule has 11 nitrogen and oxygen atoms in total. The van der Waals surface area contributed by atoms with Crippen molar-refractivity contribution < 1.29 is 55.3 Å². The fourth-order valence-electron chi connectivity index (χ4n) is 3.37. The first-order valence-electron chi connectivity index (χ1n) is 10.9. The molecule has 214 valence electrons. The third-order valence-electron chi connectivity index (χ3n) is 4.96. The molecule has 1 aliphatic rings. The van der Waals surface area contributed by atoms with Crippen LogP contribution in [0, 0.1) is 0 Å². The number of nitrogens with zero attached hydrogens (tertiary/aromatic N) is 5. The van der Waals surface area contributed by atoms with Gasteiger partial charge in [0.2, 0.25) is 0 Å². The molecule has 3 aromatic heterocycles. The van der Waals surface area contributed by atoms with Gasteiger partial charge in [0.1, 0.15) is 11.5 Å². The van der Waals surface area contributed by atoms with E-state index < -0.39 is 24.3 Å². The average Bonchev–Trinajstić information content (AvgIpc) is 3.49. The minimum atomic E-state index is -5.08. The molecule has 3 aromatic rings. The van der Waals surface area contributed by atoms with Gasteiger partial charge in [0.15, 0.2) is 0 Å². The van der Waals surface area contributed by atoms with Gasteiger partial charge in [-0.3, -0.25) is 14.6 Å².